The van der Waals surface area contributed by atoms with Crippen molar-refractivity contribution in [1.29, 1.82) is 0 Å². The third kappa shape index (κ3) is 1.74. The van der Waals surface area contributed by atoms with Crippen LogP contribution in [0.1, 0.15) is 5.69 Å². The number of nitrogens with one attached hydrogen (secondary N) is 1. The highest BCUT2D eigenvalue weighted by Gasteiger charge is 1.93. The second-order valence-electron chi connectivity index (χ2n) is 1.85. The fourth-order valence-corrected chi connectivity index (χ4v) is 1.25. The monoisotopic (exact) mass is 152 g/mol. The first-order valence-corrected chi connectivity index (χ1v) is 3.80. The molecule has 0 amide bonds. The van der Waals surface area contributed by atoms with Crippen LogP contribution in [0.4, 0.5) is 5.13 Å². The molecule has 0 aliphatic heterocycles. The summed E-state index contributed by atoms with van der Waals surface area (Å²) in [6.45, 7) is 2.50. The predicted molar refractivity (Wildman–Crippen MR) is 44.2 cm³/mol. The van der Waals surface area contributed by atoms with Crippen molar-refractivity contribution in [1.82, 2.24) is 4.98 Å². The van der Waals surface area contributed by atoms with E-state index in [-0.39, 0.29) is 0 Å². The molecule has 0 bridgehead atoms. The van der Waals surface area contributed by atoms with E-state index in [0.717, 1.165) is 10.8 Å². The second-order valence-corrected chi connectivity index (χ2v) is 2.71. The Morgan fingerprint density at radius 3 is 3.20 bits per heavy atom. The van der Waals surface area contributed by atoms with Crippen LogP contribution in [0, 0.1) is 19.3 Å². The van der Waals surface area contributed by atoms with Crippen molar-refractivity contribution in [3.8, 4) is 12.3 Å². The Labute approximate surface area is 64.3 Å². The summed E-state index contributed by atoms with van der Waals surface area (Å²) in [7, 11) is 0. The number of anilines is 1. The zero-order valence-electron chi connectivity index (χ0n) is 5.72. The zero-order valence-corrected chi connectivity index (χ0v) is 6.53. The number of rotatable bonds is 2. The van der Waals surface area contributed by atoms with E-state index in [4.69, 9.17) is 6.42 Å². The first kappa shape index (κ1) is 7.10. The Morgan fingerprint density at radius 1 is 1.90 bits per heavy atom. The number of thiazole rings is 1. The number of hydrogen-bond donors (Lipinski definition) is 1. The van der Waals surface area contributed by atoms with Gasteiger partial charge in [-0.1, -0.05) is 5.92 Å². The molecule has 1 aromatic heterocycles. The highest BCUT2D eigenvalue weighted by atomic mass is 32.1. The summed E-state index contributed by atoms with van der Waals surface area (Å²) < 4.78 is 0. The summed E-state index contributed by atoms with van der Waals surface area (Å²) in [6, 6.07) is 0. The summed E-state index contributed by atoms with van der Waals surface area (Å²) >= 11 is 1.57. The van der Waals surface area contributed by atoms with E-state index < -0.39 is 0 Å². The molecule has 1 N–H and O–H groups in total. The lowest BCUT2D eigenvalue weighted by Crippen LogP contribution is -1.96. The molecule has 52 valence electrons. The van der Waals surface area contributed by atoms with E-state index in [1.165, 1.54) is 0 Å². The van der Waals surface area contributed by atoms with Gasteiger partial charge in [-0.15, -0.1) is 17.8 Å². The van der Waals surface area contributed by atoms with Gasteiger partial charge in [-0.05, 0) is 6.92 Å². The van der Waals surface area contributed by atoms with E-state index in [1.54, 1.807) is 11.3 Å². The highest BCUT2D eigenvalue weighted by molar-refractivity contribution is 7.13. The Morgan fingerprint density at radius 2 is 2.70 bits per heavy atom. The first-order valence-electron chi connectivity index (χ1n) is 2.92. The molecule has 0 spiro atoms. The van der Waals surface area contributed by atoms with Crippen LogP contribution in [-0.2, 0) is 0 Å². The molecule has 1 rings (SSSR count). The minimum absolute atomic E-state index is 0.549. The lowest BCUT2D eigenvalue weighted by atomic mass is 10.6. The van der Waals surface area contributed by atoms with E-state index in [0.29, 0.717) is 6.54 Å². The smallest absolute Gasteiger partial charge is 0.183 e. The van der Waals surface area contributed by atoms with Gasteiger partial charge in [0, 0.05) is 5.38 Å². The Kier molecular flexibility index (Phi) is 2.30. The molecular weight excluding hydrogens is 144 g/mol. The third-order valence-electron chi connectivity index (χ3n) is 0.961. The van der Waals surface area contributed by atoms with Crippen molar-refractivity contribution < 1.29 is 0 Å². The van der Waals surface area contributed by atoms with Crippen LogP contribution in [-0.4, -0.2) is 11.5 Å². The van der Waals surface area contributed by atoms with Crippen LogP contribution < -0.4 is 5.32 Å². The minimum Gasteiger partial charge on any atom is -0.351 e. The molecule has 2 nitrogen and oxygen atoms in total. The van der Waals surface area contributed by atoms with Crippen molar-refractivity contribution >= 4 is 16.5 Å². The topological polar surface area (TPSA) is 24.9 Å². The summed E-state index contributed by atoms with van der Waals surface area (Å²) in [5.41, 5.74) is 1.03. The Bertz CT molecular complexity index is 246. The molecule has 0 radical (unpaired) electrons. The van der Waals surface area contributed by atoms with Gasteiger partial charge in [0.25, 0.3) is 0 Å². The summed E-state index contributed by atoms with van der Waals surface area (Å²) in [6.07, 6.45) is 5.05. The fraction of sp³-hybridized carbons (Fsp3) is 0.286. The number of aryl methyl sites for hydroxylation is 1. The number of nitrogens with zero attached hydrogens (tertiary/aromatic N) is 1. The van der Waals surface area contributed by atoms with Gasteiger partial charge in [0.2, 0.25) is 0 Å². The summed E-state index contributed by atoms with van der Waals surface area (Å²) in [5.74, 6) is 2.48. The molecule has 3 heteroatoms. The van der Waals surface area contributed by atoms with Crippen LogP contribution in [0.15, 0.2) is 5.38 Å². The van der Waals surface area contributed by atoms with Gasteiger partial charge in [-0.25, -0.2) is 4.98 Å². The van der Waals surface area contributed by atoms with Crippen LogP contribution in [0.3, 0.4) is 0 Å². The number of terminal acetylenes is 1. The van der Waals surface area contributed by atoms with E-state index >= 15 is 0 Å². The fourth-order valence-electron chi connectivity index (χ4n) is 0.562. The van der Waals surface area contributed by atoms with Gasteiger partial charge >= 0.3 is 0 Å². The molecular formula is C7H8N2S. The number of hydrogen-bond acceptors (Lipinski definition) is 3. The van der Waals surface area contributed by atoms with Crippen molar-refractivity contribution in [3.63, 3.8) is 0 Å². The maximum atomic E-state index is 5.05. The zero-order chi connectivity index (χ0) is 7.40. The van der Waals surface area contributed by atoms with Crippen LogP contribution in [0.5, 0.6) is 0 Å². The number of aromatic nitrogens is 1. The minimum atomic E-state index is 0.549. The summed E-state index contributed by atoms with van der Waals surface area (Å²) in [5, 5.41) is 5.87. The third-order valence-corrected chi connectivity index (χ3v) is 1.88. The molecule has 0 fully saturated rings. The van der Waals surface area contributed by atoms with Crippen LogP contribution in [0.2, 0.25) is 0 Å². The maximum Gasteiger partial charge on any atom is 0.183 e. The summed E-state index contributed by atoms with van der Waals surface area (Å²) in [4.78, 5) is 4.16. The SMILES string of the molecule is C#CCNc1nc(C)cs1. The normalized spacial score (nSPS) is 8.80. The van der Waals surface area contributed by atoms with Crippen molar-refractivity contribution in [3.05, 3.63) is 11.1 Å². The lowest BCUT2D eigenvalue weighted by Gasteiger charge is -1.92. The van der Waals surface area contributed by atoms with Crippen molar-refractivity contribution in [2.45, 2.75) is 6.92 Å². The molecule has 0 aliphatic carbocycles. The van der Waals surface area contributed by atoms with Gasteiger partial charge in [-0.3, -0.25) is 0 Å². The molecule has 0 saturated carbocycles. The molecule has 1 heterocycles. The van der Waals surface area contributed by atoms with E-state index in [2.05, 4.69) is 16.2 Å². The second kappa shape index (κ2) is 3.23. The Balaban J connectivity index is 2.52. The molecule has 0 aromatic carbocycles. The average molecular weight is 152 g/mol. The van der Waals surface area contributed by atoms with Gasteiger partial charge in [-0.2, -0.15) is 0 Å². The van der Waals surface area contributed by atoms with Crippen LogP contribution in [0.25, 0.3) is 0 Å². The largest absolute Gasteiger partial charge is 0.351 e. The Hall–Kier alpha value is -1.01. The van der Waals surface area contributed by atoms with Crippen LogP contribution >= 0.6 is 11.3 Å². The average Bonchev–Trinajstić information content (AvgIpc) is 2.31. The van der Waals surface area contributed by atoms with Crippen molar-refractivity contribution in [2.75, 3.05) is 11.9 Å². The quantitative estimate of drug-likeness (QED) is 0.649. The van der Waals surface area contributed by atoms with Gasteiger partial charge in [0.1, 0.15) is 0 Å². The molecule has 1 aromatic rings. The van der Waals surface area contributed by atoms with Gasteiger partial charge < -0.3 is 5.32 Å². The van der Waals surface area contributed by atoms with E-state index in [9.17, 15) is 0 Å². The molecule has 0 unspecified atom stereocenters. The molecule has 10 heavy (non-hydrogen) atoms. The lowest BCUT2D eigenvalue weighted by molar-refractivity contribution is 1.23. The predicted octanol–water partition coefficient (Wildman–Crippen LogP) is 1.50. The maximum absolute atomic E-state index is 5.05. The standard InChI is InChI=1S/C7H8N2S/c1-3-4-8-7-9-6(2)5-10-7/h1,5H,4H2,2H3,(H,8,9). The van der Waals surface area contributed by atoms with Gasteiger partial charge in [0.05, 0.1) is 12.2 Å². The molecule has 0 aliphatic rings. The van der Waals surface area contributed by atoms with E-state index in [1.807, 2.05) is 12.3 Å². The van der Waals surface area contributed by atoms with Gasteiger partial charge in [0.15, 0.2) is 5.13 Å². The molecule has 0 saturated heterocycles. The first-order chi connectivity index (χ1) is 4.83. The molecule has 0 atom stereocenters. The highest BCUT2D eigenvalue weighted by Crippen LogP contribution is 2.13. The van der Waals surface area contributed by atoms with Crippen molar-refractivity contribution in [2.24, 2.45) is 0 Å².